The summed E-state index contributed by atoms with van der Waals surface area (Å²) in [5.41, 5.74) is -0.734. The maximum Gasteiger partial charge on any atom is 0.266 e. The van der Waals surface area contributed by atoms with Gasteiger partial charge in [-0.15, -0.1) is 11.3 Å². The van der Waals surface area contributed by atoms with Gasteiger partial charge in [-0.25, -0.2) is 8.78 Å². The molecular formula is C16H15F2N3O2S. The van der Waals surface area contributed by atoms with E-state index in [0.29, 0.717) is 15.6 Å². The second-order valence-corrected chi connectivity index (χ2v) is 7.29. The first-order valence-corrected chi connectivity index (χ1v) is 8.43. The van der Waals surface area contributed by atoms with Crippen molar-refractivity contribution in [3.8, 4) is 10.4 Å². The maximum absolute atomic E-state index is 14.2. The van der Waals surface area contributed by atoms with E-state index in [2.05, 4.69) is 15.2 Å². The van der Waals surface area contributed by atoms with Crippen LogP contribution in [0.3, 0.4) is 0 Å². The monoisotopic (exact) mass is 351 g/mol. The molecule has 5 nitrogen and oxygen atoms in total. The van der Waals surface area contributed by atoms with Crippen molar-refractivity contribution >= 4 is 21.4 Å². The average Bonchev–Trinajstić information content (AvgIpc) is 3.16. The summed E-state index contributed by atoms with van der Waals surface area (Å²) < 4.78 is 28.8. The molecule has 3 aromatic heterocycles. The van der Waals surface area contributed by atoms with Gasteiger partial charge in [0.25, 0.3) is 11.5 Å². The molecule has 0 aromatic carbocycles. The van der Waals surface area contributed by atoms with E-state index in [1.54, 1.807) is 25.4 Å². The van der Waals surface area contributed by atoms with E-state index in [1.807, 2.05) is 0 Å². The Balaban J connectivity index is 2.03. The molecule has 0 aliphatic heterocycles. The third kappa shape index (κ3) is 2.21. The Labute approximate surface area is 139 Å². The molecule has 24 heavy (non-hydrogen) atoms. The molecule has 0 spiro atoms. The fourth-order valence-corrected chi connectivity index (χ4v) is 4.47. The van der Waals surface area contributed by atoms with Crippen LogP contribution in [0.2, 0.25) is 0 Å². The molecule has 0 amide bonds. The number of halogens is 2. The minimum atomic E-state index is -3.01. The Morgan fingerprint density at radius 3 is 2.92 bits per heavy atom. The minimum Gasteiger partial charge on any atom is -0.383 e. The predicted molar refractivity (Wildman–Crippen MR) is 87.5 cm³/mol. The Morgan fingerprint density at radius 1 is 1.46 bits per heavy atom. The molecule has 3 N–H and O–H groups in total. The number of hydrogen-bond donors (Lipinski definition) is 3. The number of hydrogen-bond acceptors (Lipinski definition) is 4. The summed E-state index contributed by atoms with van der Waals surface area (Å²) in [7, 11) is 0. The smallest absolute Gasteiger partial charge is 0.266 e. The molecular weight excluding hydrogens is 336 g/mol. The molecule has 8 heteroatoms. The van der Waals surface area contributed by atoms with Crippen molar-refractivity contribution in [1.82, 2.24) is 15.2 Å². The molecule has 0 radical (unpaired) electrons. The number of nitrogens with zero attached hydrogens (tertiary/aromatic N) is 1. The molecule has 4 rings (SSSR count). The van der Waals surface area contributed by atoms with E-state index in [1.165, 1.54) is 11.3 Å². The van der Waals surface area contributed by atoms with E-state index in [0.717, 1.165) is 10.4 Å². The predicted octanol–water partition coefficient (Wildman–Crippen LogP) is 3.16. The number of thiophene rings is 1. The number of nitrogens with one attached hydrogen (secondary N) is 2. The van der Waals surface area contributed by atoms with Crippen LogP contribution in [0.5, 0.6) is 0 Å². The summed E-state index contributed by atoms with van der Waals surface area (Å²) in [4.78, 5) is 15.9. The highest BCUT2D eigenvalue weighted by atomic mass is 32.1. The normalized spacial score (nSPS) is 22.7. The SMILES string of the molecule is CCC1(O)CC(F)(F)Cc2c1[nH]c(=O)c1sc(-c3cn[nH]c3)cc21. The van der Waals surface area contributed by atoms with E-state index < -0.39 is 24.4 Å². The van der Waals surface area contributed by atoms with Crippen molar-refractivity contribution in [2.45, 2.75) is 37.7 Å². The maximum atomic E-state index is 14.2. The first-order chi connectivity index (χ1) is 11.3. The summed E-state index contributed by atoms with van der Waals surface area (Å²) in [6.45, 7) is 1.64. The molecule has 1 aliphatic carbocycles. The number of fused-ring (bicyclic) bond motifs is 3. The van der Waals surface area contributed by atoms with E-state index in [9.17, 15) is 18.7 Å². The topological polar surface area (TPSA) is 81.8 Å². The molecule has 0 fully saturated rings. The van der Waals surface area contributed by atoms with Gasteiger partial charge in [0.15, 0.2) is 0 Å². The van der Waals surface area contributed by atoms with Crippen molar-refractivity contribution in [2.75, 3.05) is 0 Å². The van der Waals surface area contributed by atoms with Gasteiger partial charge >= 0.3 is 0 Å². The van der Waals surface area contributed by atoms with Crippen molar-refractivity contribution < 1.29 is 13.9 Å². The Kier molecular flexibility index (Phi) is 3.20. The second-order valence-electron chi connectivity index (χ2n) is 6.24. The Bertz CT molecular complexity index is 977. The average molecular weight is 351 g/mol. The van der Waals surface area contributed by atoms with Crippen LogP contribution in [0.25, 0.3) is 20.5 Å². The van der Waals surface area contributed by atoms with E-state index in [4.69, 9.17) is 0 Å². The molecule has 0 saturated heterocycles. The largest absolute Gasteiger partial charge is 0.383 e. The third-order valence-electron chi connectivity index (χ3n) is 4.62. The number of H-pyrrole nitrogens is 2. The zero-order chi connectivity index (χ0) is 17.1. The van der Waals surface area contributed by atoms with Gasteiger partial charge in [0.1, 0.15) is 10.3 Å². The van der Waals surface area contributed by atoms with Crippen molar-refractivity contribution in [3.63, 3.8) is 0 Å². The van der Waals surface area contributed by atoms with Crippen LogP contribution < -0.4 is 5.56 Å². The lowest BCUT2D eigenvalue weighted by Crippen LogP contribution is -2.42. The highest BCUT2D eigenvalue weighted by Crippen LogP contribution is 2.46. The number of aromatic amines is 2. The lowest BCUT2D eigenvalue weighted by atomic mass is 9.78. The van der Waals surface area contributed by atoms with Crippen molar-refractivity contribution in [1.29, 1.82) is 0 Å². The molecule has 3 aromatic rings. The van der Waals surface area contributed by atoms with Crippen LogP contribution in [0.15, 0.2) is 23.3 Å². The summed E-state index contributed by atoms with van der Waals surface area (Å²) in [6, 6.07) is 1.73. The first kappa shape index (κ1) is 15.5. The van der Waals surface area contributed by atoms with Gasteiger partial charge in [-0.05, 0) is 18.1 Å². The number of pyridine rings is 1. The lowest BCUT2D eigenvalue weighted by Gasteiger charge is -2.37. The molecule has 1 unspecified atom stereocenters. The van der Waals surface area contributed by atoms with Crippen LogP contribution in [-0.2, 0) is 12.0 Å². The van der Waals surface area contributed by atoms with E-state index >= 15 is 0 Å². The van der Waals surface area contributed by atoms with Gasteiger partial charge in [-0.2, -0.15) is 5.10 Å². The third-order valence-corrected chi connectivity index (χ3v) is 5.81. The zero-order valence-corrected chi connectivity index (χ0v) is 13.6. The second kappa shape index (κ2) is 4.97. The van der Waals surface area contributed by atoms with Gasteiger partial charge < -0.3 is 10.1 Å². The molecule has 0 saturated carbocycles. The quantitative estimate of drug-likeness (QED) is 0.663. The fourth-order valence-electron chi connectivity index (χ4n) is 3.41. The summed E-state index contributed by atoms with van der Waals surface area (Å²) in [5, 5.41) is 17.7. The number of aliphatic hydroxyl groups is 1. The minimum absolute atomic E-state index is 0.107. The van der Waals surface area contributed by atoms with Gasteiger partial charge in [0.05, 0.1) is 11.9 Å². The van der Waals surface area contributed by atoms with Crippen LogP contribution in [0.4, 0.5) is 8.78 Å². The first-order valence-electron chi connectivity index (χ1n) is 7.61. The zero-order valence-electron chi connectivity index (χ0n) is 12.8. The Hall–Kier alpha value is -2.06. The fraction of sp³-hybridized carbons (Fsp3) is 0.375. The van der Waals surface area contributed by atoms with Crippen LogP contribution >= 0.6 is 11.3 Å². The van der Waals surface area contributed by atoms with E-state index in [-0.39, 0.29) is 17.7 Å². The van der Waals surface area contributed by atoms with Gasteiger partial charge in [-0.3, -0.25) is 9.89 Å². The van der Waals surface area contributed by atoms with Gasteiger partial charge in [-0.1, -0.05) is 6.92 Å². The number of rotatable bonds is 2. The molecule has 3 heterocycles. The summed E-state index contributed by atoms with van der Waals surface area (Å²) >= 11 is 1.23. The van der Waals surface area contributed by atoms with Crippen LogP contribution in [0.1, 0.15) is 31.0 Å². The standard InChI is InChI=1S/C16H15F2N3O2S/c1-2-15(23)7-16(17,18)4-10-9-3-11(8-5-19-20-6-8)24-12(9)14(22)21-13(10)15/h3,5-6,23H,2,4,7H2,1H3,(H,19,20)(H,21,22). The number of alkyl halides is 2. The molecule has 126 valence electrons. The van der Waals surface area contributed by atoms with Crippen molar-refractivity contribution in [3.05, 3.63) is 40.1 Å². The Morgan fingerprint density at radius 2 is 2.25 bits per heavy atom. The summed E-state index contributed by atoms with van der Waals surface area (Å²) in [6.07, 6.45) is 2.24. The van der Waals surface area contributed by atoms with Gasteiger partial charge in [0, 0.05) is 34.9 Å². The highest BCUT2D eigenvalue weighted by molar-refractivity contribution is 7.22. The molecule has 1 atom stereocenters. The lowest BCUT2D eigenvalue weighted by molar-refractivity contribution is -0.107. The van der Waals surface area contributed by atoms with Crippen molar-refractivity contribution in [2.24, 2.45) is 0 Å². The van der Waals surface area contributed by atoms with Crippen LogP contribution in [0, 0.1) is 0 Å². The summed E-state index contributed by atoms with van der Waals surface area (Å²) in [5.74, 6) is -3.01. The van der Waals surface area contributed by atoms with Gasteiger partial charge in [0.2, 0.25) is 0 Å². The molecule has 0 bridgehead atoms. The van der Waals surface area contributed by atoms with Crippen LogP contribution in [-0.4, -0.2) is 26.2 Å². The molecule has 1 aliphatic rings. The number of aromatic nitrogens is 3. The highest BCUT2D eigenvalue weighted by Gasteiger charge is 2.48.